The molecule has 3 heterocycles. The summed E-state index contributed by atoms with van der Waals surface area (Å²) < 4.78 is 23.0. The minimum absolute atomic E-state index is 0.279. The number of aromatic nitrogens is 3. The van der Waals surface area contributed by atoms with E-state index in [1.807, 2.05) is 41.1 Å². The first-order chi connectivity index (χ1) is 15.6. The summed E-state index contributed by atoms with van der Waals surface area (Å²) in [6.45, 7) is 0. The Morgan fingerprint density at radius 1 is 1.00 bits per heavy atom. The van der Waals surface area contributed by atoms with E-state index < -0.39 is 6.10 Å². The third-order valence-electron chi connectivity index (χ3n) is 5.73. The molecule has 0 aliphatic carbocycles. The topological polar surface area (TPSA) is 52.0 Å². The Kier molecular flexibility index (Phi) is 4.55. The van der Waals surface area contributed by atoms with Gasteiger partial charge in [-0.25, -0.2) is 9.07 Å². The van der Waals surface area contributed by atoms with Crippen molar-refractivity contribution in [3.63, 3.8) is 0 Å². The largest absolute Gasteiger partial charge is 0.480 e. The number of nitrogens with one attached hydrogen (secondary N) is 1. The standard InChI is InChI=1S/C24H15BrClFN4O/c25-15-5-1-13(2-6-15)22-20-21(30-24-28-12-29-31(22)24)18-11-16(26)7-10-19(18)32-23(20)14-3-8-17(27)9-4-14/h1-12,22-23H,(H,28,29,30)/t22-,23-/m1/s1. The molecule has 158 valence electrons. The maximum Gasteiger partial charge on any atom is 0.226 e. The second-order valence-corrected chi connectivity index (χ2v) is 8.98. The van der Waals surface area contributed by atoms with Gasteiger partial charge in [-0.3, -0.25) is 0 Å². The number of benzene rings is 3. The molecule has 0 saturated heterocycles. The zero-order chi connectivity index (χ0) is 21.8. The van der Waals surface area contributed by atoms with Crippen molar-refractivity contribution in [3.8, 4) is 5.75 Å². The van der Waals surface area contributed by atoms with E-state index in [1.165, 1.54) is 18.5 Å². The molecule has 0 radical (unpaired) electrons. The number of halogens is 3. The summed E-state index contributed by atoms with van der Waals surface area (Å²) in [6, 6.07) is 19.7. The lowest BCUT2D eigenvalue weighted by Gasteiger charge is -2.39. The fourth-order valence-corrected chi connectivity index (χ4v) is 4.76. The quantitative estimate of drug-likeness (QED) is 0.340. The molecule has 2 atom stereocenters. The van der Waals surface area contributed by atoms with Gasteiger partial charge in [0, 0.05) is 20.6 Å². The summed E-state index contributed by atoms with van der Waals surface area (Å²) in [5.74, 6) is 1.02. The van der Waals surface area contributed by atoms with Crippen LogP contribution in [0, 0.1) is 5.82 Å². The lowest BCUT2D eigenvalue weighted by atomic mass is 9.84. The van der Waals surface area contributed by atoms with Crippen molar-refractivity contribution >= 4 is 39.2 Å². The number of nitrogens with zero attached hydrogens (tertiary/aromatic N) is 3. The van der Waals surface area contributed by atoms with Crippen LogP contribution < -0.4 is 10.1 Å². The molecule has 6 rings (SSSR count). The first-order valence-electron chi connectivity index (χ1n) is 9.96. The van der Waals surface area contributed by atoms with Crippen LogP contribution in [0.15, 0.2) is 83.1 Å². The van der Waals surface area contributed by atoms with Crippen molar-refractivity contribution in [1.29, 1.82) is 0 Å². The van der Waals surface area contributed by atoms with Gasteiger partial charge in [-0.05, 0) is 53.6 Å². The number of anilines is 1. The molecule has 0 saturated carbocycles. The summed E-state index contributed by atoms with van der Waals surface area (Å²) in [7, 11) is 0. The van der Waals surface area contributed by atoms with Gasteiger partial charge in [0.15, 0.2) is 0 Å². The van der Waals surface area contributed by atoms with Crippen molar-refractivity contribution < 1.29 is 9.13 Å². The van der Waals surface area contributed by atoms with E-state index in [1.54, 1.807) is 18.2 Å². The molecule has 2 aliphatic heterocycles. The van der Waals surface area contributed by atoms with Gasteiger partial charge >= 0.3 is 0 Å². The van der Waals surface area contributed by atoms with Crippen LogP contribution >= 0.6 is 27.5 Å². The van der Waals surface area contributed by atoms with E-state index in [-0.39, 0.29) is 11.9 Å². The normalized spacial score (nSPS) is 18.8. The Balaban J connectivity index is 1.63. The van der Waals surface area contributed by atoms with Gasteiger partial charge in [0.1, 0.15) is 30.0 Å². The zero-order valence-corrected chi connectivity index (χ0v) is 18.8. The third-order valence-corrected chi connectivity index (χ3v) is 6.50. The highest BCUT2D eigenvalue weighted by atomic mass is 79.9. The van der Waals surface area contributed by atoms with Crippen LogP contribution in [0.4, 0.5) is 10.3 Å². The van der Waals surface area contributed by atoms with E-state index in [0.29, 0.717) is 16.7 Å². The van der Waals surface area contributed by atoms with Crippen LogP contribution in [0.25, 0.3) is 5.70 Å². The highest BCUT2D eigenvalue weighted by Crippen LogP contribution is 2.51. The van der Waals surface area contributed by atoms with Gasteiger partial charge in [-0.2, -0.15) is 10.1 Å². The molecule has 3 aromatic carbocycles. The van der Waals surface area contributed by atoms with Gasteiger partial charge in [0.2, 0.25) is 5.95 Å². The zero-order valence-electron chi connectivity index (χ0n) is 16.5. The number of hydrogen-bond donors (Lipinski definition) is 1. The second-order valence-electron chi connectivity index (χ2n) is 7.63. The van der Waals surface area contributed by atoms with Gasteiger partial charge in [0.25, 0.3) is 0 Å². The number of hydrogen-bond acceptors (Lipinski definition) is 4. The molecule has 5 nitrogen and oxygen atoms in total. The number of rotatable bonds is 2. The smallest absolute Gasteiger partial charge is 0.226 e. The Morgan fingerprint density at radius 2 is 1.75 bits per heavy atom. The molecule has 0 amide bonds. The van der Waals surface area contributed by atoms with E-state index >= 15 is 0 Å². The first-order valence-corrected chi connectivity index (χ1v) is 11.1. The summed E-state index contributed by atoms with van der Waals surface area (Å²) in [6.07, 6.45) is 1.07. The Labute approximate surface area is 196 Å². The summed E-state index contributed by atoms with van der Waals surface area (Å²) in [5.41, 5.74) is 4.53. The molecule has 0 unspecified atom stereocenters. The summed E-state index contributed by atoms with van der Waals surface area (Å²) in [4.78, 5) is 4.42. The fraction of sp³-hybridized carbons (Fsp3) is 0.0833. The molecule has 0 bridgehead atoms. The van der Waals surface area contributed by atoms with Crippen LogP contribution in [0.5, 0.6) is 5.75 Å². The van der Waals surface area contributed by atoms with Crippen LogP contribution in [-0.4, -0.2) is 14.8 Å². The van der Waals surface area contributed by atoms with E-state index in [0.717, 1.165) is 32.4 Å². The average molecular weight is 510 g/mol. The van der Waals surface area contributed by atoms with Crippen LogP contribution in [0.2, 0.25) is 5.02 Å². The lowest BCUT2D eigenvalue weighted by molar-refractivity contribution is 0.223. The van der Waals surface area contributed by atoms with Gasteiger partial charge in [-0.15, -0.1) is 0 Å². The molecule has 1 N–H and O–H groups in total. The molecule has 32 heavy (non-hydrogen) atoms. The van der Waals surface area contributed by atoms with Gasteiger partial charge in [-0.1, -0.05) is 51.8 Å². The summed E-state index contributed by atoms with van der Waals surface area (Å²) >= 11 is 9.86. The van der Waals surface area contributed by atoms with Gasteiger partial charge in [0.05, 0.1) is 5.70 Å². The Bertz CT molecular complexity index is 1370. The number of ether oxygens (including phenoxy) is 1. The highest BCUT2D eigenvalue weighted by Gasteiger charge is 2.41. The van der Waals surface area contributed by atoms with Crippen molar-refractivity contribution in [2.45, 2.75) is 12.1 Å². The molecular formula is C24H15BrClFN4O. The maximum absolute atomic E-state index is 13.7. The molecule has 0 spiro atoms. The predicted molar refractivity (Wildman–Crippen MR) is 124 cm³/mol. The van der Waals surface area contributed by atoms with Gasteiger partial charge < -0.3 is 10.1 Å². The first kappa shape index (κ1) is 19.5. The van der Waals surface area contributed by atoms with Crippen molar-refractivity contribution in [3.05, 3.63) is 111 Å². The van der Waals surface area contributed by atoms with E-state index in [4.69, 9.17) is 16.3 Å². The van der Waals surface area contributed by atoms with Crippen molar-refractivity contribution in [1.82, 2.24) is 14.8 Å². The van der Waals surface area contributed by atoms with Crippen LogP contribution in [-0.2, 0) is 0 Å². The van der Waals surface area contributed by atoms with E-state index in [9.17, 15) is 4.39 Å². The fourth-order valence-electron chi connectivity index (χ4n) is 4.32. The minimum Gasteiger partial charge on any atom is -0.480 e. The number of fused-ring (bicyclic) bond motifs is 3. The predicted octanol–water partition coefficient (Wildman–Crippen LogP) is 6.39. The molecule has 8 heteroatoms. The van der Waals surface area contributed by atoms with Crippen molar-refractivity contribution in [2.75, 3.05) is 5.32 Å². The molecular weight excluding hydrogens is 495 g/mol. The Hall–Kier alpha value is -3.16. The average Bonchev–Trinajstić information content (AvgIpc) is 3.27. The third kappa shape index (κ3) is 3.12. The molecule has 0 fully saturated rings. The monoisotopic (exact) mass is 508 g/mol. The minimum atomic E-state index is -0.460. The van der Waals surface area contributed by atoms with Crippen LogP contribution in [0.3, 0.4) is 0 Å². The van der Waals surface area contributed by atoms with E-state index in [2.05, 4.69) is 31.3 Å². The SMILES string of the molecule is Fc1ccc([C@H]2Oc3ccc(Cl)cc3C3=C2[C@@H](c2ccc(Br)cc2)n2ncnc2N3)cc1. The Morgan fingerprint density at radius 3 is 2.53 bits per heavy atom. The van der Waals surface area contributed by atoms with Crippen LogP contribution in [0.1, 0.15) is 28.8 Å². The second kappa shape index (κ2) is 7.46. The lowest BCUT2D eigenvalue weighted by Crippen LogP contribution is -2.32. The van der Waals surface area contributed by atoms with Crippen molar-refractivity contribution in [2.24, 2.45) is 0 Å². The summed E-state index contributed by atoms with van der Waals surface area (Å²) in [5, 5.41) is 8.54. The molecule has 4 aromatic rings. The maximum atomic E-state index is 13.7. The molecule has 2 aliphatic rings. The molecule has 1 aromatic heterocycles. The highest BCUT2D eigenvalue weighted by molar-refractivity contribution is 9.10.